The number of esters is 1. The number of aromatic nitrogens is 1. The van der Waals surface area contributed by atoms with E-state index < -0.39 is 34.1 Å². The maximum Gasteiger partial charge on any atom is 0.355 e. The Bertz CT molecular complexity index is 1080. The molecule has 2 aromatic rings. The SMILES string of the molecule is CCOC(=O)c1c(C)c(C(=O)CN(CCOC)S(=O)(=O)c2ccc(F)cc2)c(C)n1CC. The van der Waals surface area contributed by atoms with E-state index in [1.54, 1.807) is 25.3 Å². The molecule has 0 fully saturated rings. The normalized spacial score (nSPS) is 11.7. The smallest absolute Gasteiger partial charge is 0.355 e. The van der Waals surface area contributed by atoms with Gasteiger partial charge >= 0.3 is 5.97 Å². The topological polar surface area (TPSA) is 94.9 Å². The minimum atomic E-state index is -4.09. The van der Waals surface area contributed by atoms with Crippen LogP contribution in [0, 0.1) is 19.7 Å². The Hall–Kier alpha value is -2.56. The predicted molar refractivity (Wildman–Crippen MR) is 117 cm³/mol. The van der Waals surface area contributed by atoms with Crippen molar-refractivity contribution in [2.24, 2.45) is 0 Å². The van der Waals surface area contributed by atoms with Gasteiger partial charge in [0.05, 0.1) is 24.7 Å². The van der Waals surface area contributed by atoms with Crippen LogP contribution in [-0.4, -0.2) is 62.5 Å². The average molecular weight is 469 g/mol. The summed E-state index contributed by atoms with van der Waals surface area (Å²) in [6.07, 6.45) is 0. The Kier molecular flexibility index (Phi) is 8.71. The van der Waals surface area contributed by atoms with Crippen LogP contribution in [0.3, 0.4) is 0 Å². The van der Waals surface area contributed by atoms with Crippen LogP contribution in [0.25, 0.3) is 0 Å². The Morgan fingerprint density at radius 3 is 2.28 bits per heavy atom. The highest BCUT2D eigenvalue weighted by Crippen LogP contribution is 2.25. The standard InChI is InChI=1S/C22H29FN2O6S/c1-6-25-16(4)20(15(3)21(25)22(27)31-7-2)19(26)14-24(12-13-30-5)32(28,29)18-10-8-17(23)9-11-18/h8-11H,6-7,12-14H2,1-5H3. The highest BCUT2D eigenvalue weighted by Gasteiger charge is 2.31. The largest absolute Gasteiger partial charge is 0.461 e. The number of benzene rings is 1. The first-order valence-electron chi connectivity index (χ1n) is 10.2. The summed E-state index contributed by atoms with van der Waals surface area (Å²) in [6.45, 7) is 7.06. The van der Waals surface area contributed by atoms with Crippen LogP contribution in [0.5, 0.6) is 0 Å². The molecule has 8 nitrogen and oxygen atoms in total. The van der Waals surface area contributed by atoms with Crippen molar-refractivity contribution in [3.8, 4) is 0 Å². The molecule has 0 aliphatic carbocycles. The number of halogens is 1. The Labute approximate surface area is 188 Å². The molecule has 0 bridgehead atoms. The van der Waals surface area contributed by atoms with Crippen LogP contribution in [0.1, 0.15) is 46.0 Å². The van der Waals surface area contributed by atoms with E-state index in [9.17, 15) is 22.4 Å². The van der Waals surface area contributed by atoms with E-state index in [2.05, 4.69) is 0 Å². The van der Waals surface area contributed by atoms with Gasteiger partial charge in [-0.25, -0.2) is 17.6 Å². The van der Waals surface area contributed by atoms with Crippen molar-refractivity contribution in [2.45, 2.75) is 39.1 Å². The van der Waals surface area contributed by atoms with Crippen LogP contribution < -0.4 is 0 Å². The van der Waals surface area contributed by atoms with Crippen LogP contribution >= 0.6 is 0 Å². The van der Waals surface area contributed by atoms with Crippen molar-refractivity contribution >= 4 is 21.8 Å². The van der Waals surface area contributed by atoms with Crippen molar-refractivity contribution in [3.05, 3.63) is 52.6 Å². The second-order valence-corrected chi connectivity index (χ2v) is 9.05. The van der Waals surface area contributed by atoms with Gasteiger partial charge in [-0.05, 0) is 57.5 Å². The van der Waals surface area contributed by atoms with Crippen molar-refractivity contribution in [2.75, 3.05) is 33.4 Å². The number of Topliss-reactive ketones (excluding diaryl/α,β-unsaturated/α-hetero) is 1. The van der Waals surface area contributed by atoms with Gasteiger partial charge in [0.25, 0.3) is 0 Å². The minimum absolute atomic E-state index is 0.0652. The first-order valence-corrected chi connectivity index (χ1v) is 11.7. The van der Waals surface area contributed by atoms with E-state index >= 15 is 0 Å². The molecule has 0 amide bonds. The quantitative estimate of drug-likeness (QED) is 0.372. The molecule has 0 unspecified atom stereocenters. The zero-order valence-electron chi connectivity index (χ0n) is 19.0. The van der Waals surface area contributed by atoms with Crippen LogP contribution in [0.2, 0.25) is 0 Å². The second kappa shape index (κ2) is 10.8. The number of carbonyl (C=O) groups excluding carboxylic acids is 2. The average Bonchev–Trinajstić information content (AvgIpc) is 3.00. The summed E-state index contributed by atoms with van der Waals surface area (Å²) in [5.74, 6) is -1.56. The molecule has 0 aliphatic heterocycles. The highest BCUT2D eigenvalue weighted by molar-refractivity contribution is 7.89. The summed E-state index contributed by atoms with van der Waals surface area (Å²) in [4.78, 5) is 25.6. The number of hydrogen-bond donors (Lipinski definition) is 0. The molecule has 1 heterocycles. The van der Waals surface area contributed by atoms with Gasteiger partial charge in [-0.3, -0.25) is 4.79 Å². The van der Waals surface area contributed by atoms with Crippen LogP contribution in [0.4, 0.5) is 4.39 Å². The van der Waals surface area contributed by atoms with Crippen LogP contribution in [-0.2, 0) is 26.0 Å². The third kappa shape index (κ3) is 5.25. The first-order chi connectivity index (χ1) is 15.1. The Morgan fingerprint density at radius 2 is 1.75 bits per heavy atom. The molecule has 10 heteroatoms. The molecule has 1 aromatic carbocycles. The molecule has 0 atom stereocenters. The molecule has 0 N–H and O–H groups in total. The van der Waals surface area contributed by atoms with Crippen molar-refractivity contribution < 1.29 is 31.9 Å². The van der Waals surface area contributed by atoms with Gasteiger partial charge < -0.3 is 14.0 Å². The Balaban J connectivity index is 2.46. The zero-order valence-corrected chi connectivity index (χ0v) is 19.8. The van der Waals surface area contributed by atoms with Crippen molar-refractivity contribution in [1.29, 1.82) is 0 Å². The van der Waals surface area contributed by atoms with Gasteiger partial charge in [0.2, 0.25) is 10.0 Å². The van der Waals surface area contributed by atoms with Crippen molar-refractivity contribution in [3.63, 3.8) is 0 Å². The maximum absolute atomic E-state index is 13.3. The number of ketones is 1. The first kappa shape index (κ1) is 25.7. The summed E-state index contributed by atoms with van der Waals surface area (Å²) in [5, 5.41) is 0. The summed E-state index contributed by atoms with van der Waals surface area (Å²) in [7, 11) is -2.66. The molecule has 0 spiro atoms. The summed E-state index contributed by atoms with van der Waals surface area (Å²) >= 11 is 0. The minimum Gasteiger partial charge on any atom is -0.461 e. The number of nitrogens with zero attached hydrogens (tertiary/aromatic N) is 2. The summed E-state index contributed by atoms with van der Waals surface area (Å²) in [5.41, 5.74) is 1.56. The predicted octanol–water partition coefficient (Wildman–Crippen LogP) is 2.96. The molecule has 176 valence electrons. The van der Waals surface area contributed by atoms with E-state index in [1.807, 2.05) is 6.92 Å². The number of hydrogen-bond acceptors (Lipinski definition) is 6. The van der Waals surface area contributed by atoms with Gasteiger partial charge in [0.1, 0.15) is 11.5 Å². The number of rotatable bonds is 11. The summed E-state index contributed by atoms with van der Waals surface area (Å²) < 4.78 is 52.4. The van der Waals surface area contributed by atoms with E-state index in [0.29, 0.717) is 17.8 Å². The molecule has 0 saturated carbocycles. The monoisotopic (exact) mass is 468 g/mol. The van der Waals surface area contributed by atoms with Crippen molar-refractivity contribution in [1.82, 2.24) is 8.87 Å². The third-order valence-corrected chi connectivity index (χ3v) is 7.01. The van der Waals surface area contributed by atoms with Gasteiger partial charge in [-0.2, -0.15) is 4.31 Å². The molecular formula is C22H29FN2O6S. The van der Waals surface area contributed by atoms with Gasteiger partial charge in [-0.15, -0.1) is 0 Å². The number of methoxy groups -OCH3 is 1. The second-order valence-electron chi connectivity index (χ2n) is 7.11. The zero-order chi connectivity index (χ0) is 24.1. The van der Waals surface area contributed by atoms with E-state index in [-0.39, 0.29) is 35.9 Å². The molecule has 1 aromatic heterocycles. The maximum atomic E-state index is 13.3. The van der Waals surface area contributed by atoms with Gasteiger partial charge in [-0.1, -0.05) is 0 Å². The Morgan fingerprint density at radius 1 is 1.12 bits per heavy atom. The lowest BCUT2D eigenvalue weighted by Crippen LogP contribution is -2.38. The van der Waals surface area contributed by atoms with E-state index in [0.717, 1.165) is 28.6 Å². The lowest BCUT2D eigenvalue weighted by molar-refractivity contribution is 0.0512. The molecule has 32 heavy (non-hydrogen) atoms. The number of ether oxygens (including phenoxy) is 2. The fourth-order valence-corrected chi connectivity index (χ4v) is 5.02. The molecular weight excluding hydrogens is 439 g/mol. The molecule has 0 aliphatic rings. The van der Waals surface area contributed by atoms with Gasteiger partial charge in [0, 0.05) is 31.5 Å². The number of carbonyl (C=O) groups is 2. The fraction of sp³-hybridized carbons (Fsp3) is 0.455. The third-order valence-electron chi connectivity index (χ3n) is 5.15. The van der Waals surface area contributed by atoms with E-state index in [4.69, 9.17) is 9.47 Å². The molecule has 0 radical (unpaired) electrons. The highest BCUT2D eigenvalue weighted by atomic mass is 32.2. The number of sulfonamides is 1. The van der Waals surface area contributed by atoms with E-state index in [1.165, 1.54) is 7.11 Å². The molecule has 2 rings (SSSR count). The molecule has 0 saturated heterocycles. The van der Waals surface area contributed by atoms with Crippen LogP contribution in [0.15, 0.2) is 29.2 Å². The fourth-order valence-electron chi connectivity index (χ4n) is 3.64. The lowest BCUT2D eigenvalue weighted by Gasteiger charge is -2.21. The lowest BCUT2D eigenvalue weighted by atomic mass is 10.1. The van der Waals surface area contributed by atoms with Gasteiger partial charge in [0.15, 0.2) is 5.78 Å². The summed E-state index contributed by atoms with van der Waals surface area (Å²) in [6, 6.07) is 4.39.